The maximum Gasteiger partial charge on any atom is 0.318 e. The number of nitrogens with zero attached hydrogens (tertiary/aromatic N) is 6. The molecule has 6 rings (SSSR count). The number of piperazine rings is 1. The van der Waals surface area contributed by atoms with Gasteiger partial charge in [0.2, 0.25) is 5.91 Å². The SMILES string of the molecule is C=CC(=O)N1CCN(c2nc(OCC3(CNC)CC3)nc3c2CCN(c2cccc4ccc(F)c(Cl)c24)C3)CC1CC#N. The zero-order valence-corrected chi connectivity index (χ0v) is 25.0. The molecule has 1 saturated carbocycles. The highest BCUT2D eigenvalue weighted by atomic mass is 35.5. The Morgan fingerprint density at radius 1 is 1.26 bits per heavy atom. The molecule has 9 nitrogen and oxygen atoms in total. The fourth-order valence-corrected chi connectivity index (χ4v) is 6.62. The summed E-state index contributed by atoms with van der Waals surface area (Å²) in [6.07, 6.45) is 4.36. The third-order valence-electron chi connectivity index (χ3n) is 8.86. The molecule has 2 aromatic carbocycles. The molecule has 1 atom stereocenters. The molecule has 1 aliphatic carbocycles. The van der Waals surface area contributed by atoms with E-state index in [1.54, 1.807) is 11.0 Å². The second-order valence-electron chi connectivity index (χ2n) is 11.7. The first kappa shape index (κ1) is 29.1. The van der Waals surface area contributed by atoms with Crippen LogP contribution in [0.3, 0.4) is 0 Å². The normalized spacial score (nSPS) is 19.1. The Morgan fingerprint density at radius 3 is 2.84 bits per heavy atom. The van der Waals surface area contributed by atoms with Gasteiger partial charge in [-0.25, -0.2) is 4.39 Å². The van der Waals surface area contributed by atoms with Gasteiger partial charge in [-0.1, -0.05) is 36.4 Å². The number of benzene rings is 2. The Balaban J connectivity index is 1.35. The maximum atomic E-state index is 14.5. The van der Waals surface area contributed by atoms with Gasteiger partial charge in [-0.2, -0.15) is 15.2 Å². The number of carbonyl (C=O) groups is 1. The Hall–Kier alpha value is -3.94. The lowest BCUT2D eigenvalue weighted by molar-refractivity contribution is -0.128. The summed E-state index contributed by atoms with van der Waals surface area (Å²) < 4.78 is 20.8. The standard InChI is InChI=1S/C32H35ClFN7O2/c1-3-27(42)41-16-15-40(17-22(41)9-13-35)30-23-10-14-39(26-6-4-5-21-7-8-24(34)29(33)28(21)26)18-25(23)37-31(38-30)43-20-32(11-12-32)19-36-2/h3-8,22,36H,1,9-12,14-20H2,2H3. The van der Waals surface area contributed by atoms with Crippen molar-refractivity contribution in [1.29, 1.82) is 5.26 Å². The monoisotopic (exact) mass is 603 g/mol. The van der Waals surface area contributed by atoms with Gasteiger partial charge in [0.05, 0.1) is 42.4 Å². The molecule has 0 spiro atoms. The molecular formula is C32H35ClFN7O2. The topological polar surface area (TPSA) is 97.6 Å². The van der Waals surface area contributed by atoms with Crippen LogP contribution in [0.5, 0.6) is 6.01 Å². The van der Waals surface area contributed by atoms with E-state index >= 15 is 0 Å². The Morgan fingerprint density at radius 2 is 2.09 bits per heavy atom. The van der Waals surface area contributed by atoms with Crippen molar-refractivity contribution in [1.82, 2.24) is 20.2 Å². The van der Waals surface area contributed by atoms with E-state index in [0.29, 0.717) is 57.1 Å². The number of aromatic nitrogens is 2. The molecule has 11 heteroatoms. The molecule has 43 heavy (non-hydrogen) atoms. The highest BCUT2D eigenvalue weighted by molar-refractivity contribution is 6.36. The summed E-state index contributed by atoms with van der Waals surface area (Å²) in [4.78, 5) is 28.4. The number of anilines is 2. The van der Waals surface area contributed by atoms with Crippen LogP contribution in [-0.2, 0) is 17.8 Å². The molecule has 224 valence electrons. The van der Waals surface area contributed by atoms with Gasteiger partial charge in [-0.3, -0.25) is 4.79 Å². The molecule has 2 fully saturated rings. The predicted octanol–water partition coefficient (Wildman–Crippen LogP) is 4.48. The van der Waals surface area contributed by atoms with Gasteiger partial charge in [0, 0.05) is 54.8 Å². The lowest BCUT2D eigenvalue weighted by Gasteiger charge is -2.42. The summed E-state index contributed by atoms with van der Waals surface area (Å²) in [5.41, 5.74) is 2.82. The molecule has 1 saturated heterocycles. The smallest absolute Gasteiger partial charge is 0.318 e. The molecule has 3 aliphatic rings. The van der Waals surface area contributed by atoms with Crippen LogP contribution in [0.4, 0.5) is 15.9 Å². The minimum absolute atomic E-state index is 0.0958. The predicted molar refractivity (Wildman–Crippen MR) is 165 cm³/mol. The van der Waals surface area contributed by atoms with E-state index < -0.39 is 5.82 Å². The zero-order valence-electron chi connectivity index (χ0n) is 24.3. The Labute approximate surface area is 255 Å². The van der Waals surface area contributed by atoms with E-state index in [2.05, 4.69) is 27.8 Å². The van der Waals surface area contributed by atoms with Crippen LogP contribution in [-0.4, -0.2) is 73.2 Å². The van der Waals surface area contributed by atoms with Gasteiger partial charge in [0.15, 0.2) is 0 Å². The van der Waals surface area contributed by atoms with Gasteiger partial charge in [0.1, 0.15) is 11.6 Å². The van der Waals surface area contributed by atoms with Crippen LogP contribution in [0.1, 0.15) is 30.5 Å². The molecule has 1 unspecified atom stereocenters. The average Bonchev–Trinajstić information content (AvgIpc) is 3.80. The van der Waals surface area contributed by atoms with Gasteiger partial charge < -0.3 is 24.8 Å². The van der Waals surface area contributed by atoms with Crippen LogP contribution in [0.25, 0.3) is 10.8 Å². The quantitative estimate of drug-likeness (QED) is 0.358. The number of hydrogen-bond donors (Lipinski definition) is 1. The largest absolute Gasteiger partial charge is 0.463 e. The molecule has 1 aromatic heterocycles. The van der Waals surface area contributed by atoms with E-state index in [9.17, 15) is 14.4 Å². The van der Waals surface area contributed by atoms with Crippen molar-refractivity contribution in [2.24, 2.45) is 5.41 Å². The van der Waals surface area contributed by atoms with Crippen LogP contribution >= 0.6 is 11.6 Å². The fourth-order valence-electron chi connectivity index (χ4n) is 6.35. The number of carbonyl (C=O) groups excluding carboxylic acids is 1. The minimum atomic E-state index is -0.448. The molecular weight excluding hydrogens is 569 g/mol. The van der Waals surface area contributed by atoms with Gasteiger partial charge >= 0.3 is 6.01 Å². The zero-order chi connectivity index (χ0) is 30.1. The highest BCUT2D eigenvalue weighted by Crippen LogP contribution is 2.45. The number of nitriles is 1. The number of halogens is 2. The van der Waals surface area contributed by atoms with Crippen molar-refractivity contribution >= 4 is 39.8 Å². The molecule has 1 N–H and O–H groups in total. The summed E-state index contributed by atoms with van der Waals surface area (Å²) in [6.45, 7) is 7.66. The number of ether oxygens (including phenoxy) is 1. The van der Waals surface area contributed by atoms with E-state index in [-0.39, 0.29) is 28.8 Å². The average molecular weight is 604 g/mol. The van der Waals surface area contributed by atoms with Gasteiger partial charge in [0.25, 0.3) is 0 Å². The first-order valence-corrected chi connectivity index (χ1v) is 15.1. The second kappa shape index (κ2) is 12.0. The molecule has 1 amide bonds. The van der Waals surface area contributed by atoms with Crippen molar-refractivity contribution in [3.63, 3.8) is 0 Å². The van der Waals surface area contributed by atoms with Gasteiger partial charge in [-0.15, -0.1) is 0 Å². The van der Waals surface area contributed by atoms with Crippen LogP contribution in [0.15, 0.2) is 43.0 Å². The first-order valence-electron chi connectivity index (χ1n) is 14.7. The van der Waals surface area contributed by atoms with Crippen molar-refractivity contribution in [2.75, 3.05) is 56.2 Å². The van der Waals surface area contributed by atoms with Crippen molar-refractivity contribution < 1.29 is 13.9 Å². The molecule has 0 radical (unpaired) electrons. The summed E-state index contributed by atoms with van der Waals surface area (Å²) in [6, 6.07) is 11.3. The summed E-state index contributed by atoms with van der Waals surface area (Å²) in [7, 11) is 1.95. The lowest BCUT2D eigenvalue weighted by atomic mass is 10.0. The van der Waals surface area contributed by atoms with Crippen LogP contribution in [0, 0.1) is 22.6 Å². The van der Waals surface area contributed by atoms with Crippen LogP contribution in [0.2, 0.25) is 5.02 Å². The first-order chi connectivity index (χ1) is 20.9. The fraction of sp³-hybridized carbons (Fsp3) is 0.438. The number of hydrogen-bond acceptors (Lipinski definition) is 8. The molecule has 2 aliphatic heterocycles. The van der Waals surface area contributed by atoms with E-state index in [1.165, 1.54) is 12.1 Å². The minimum Gasteiger partial charge on any atom is -0.463 e. The Bertz CT molecular complexity index is 1600. The third kappa shape index (κ3) is 5.71. The summed E-state index contributed by atoms with van der Waals surface area (Å²) >= 11 is 6.49. The highest BCUT2D eigenvalue weighted by Gasteiger charge is 2.43. The summed E-state index contributed by atoms with van der Waals surface area (Å²) in [5.74, 6) is 0.165. The third-order valence-corrected chi connectivity index (χ3v) is 9.23. The molecule has 3 heterocycles. The summed E-state index contributed by atoms with van der Waals surface area (Å²) in [5, 5.41) is 14.4. The van der Waals surface area contributed by atoms with Crippen molar-refractivity contribution in [2.45, 2.75) is 38.3 Å². The number of nitrogens with one attached hydrogen (secondary N) is 1. The van der Waals surface area contributed by atoms with E-state index in [0.717, 1.165) is 47.5 Å². The van der Waals surface area contributed by atoms with Crippen LogP contribution < -0.4 is 19.9 Å². The maximum absolute atomic E-state index is 14.5. The molecule has 3 aromatic rings. The number of amides is 1. The number of rotatable bonds is 9. The van der Waals surface area contributed by atoms with Crippen molar-refractivity contribution in [3.8, 4) is 12.1 Å². The lowest BCUT2D eigenvalue weighted by Crippen LogP contribution is -2.55. The Kier molecular flexibility index (Phi) is 8.12. The van der Waals surface area contributed by atoms with Gasteiger partial charge in [-0.05, 0) is 49.9 Å². The number of fused-ring (bicyclic) bond motifs is 2. The van der Waals surface area contributed by atoms with Crippen molar-refractivity contribution in [3.05, 3.63) is 65.1 Å². The second-order valence-corrected chi connectivity index (χ2v) is 12.1. The molecule has 0 bridgehead atoms. The van der Waals surface area contributed by atoms with E-state index in [4.69, 9.17) is 26.3 Å². The van der Waals surface area contributed by atoms with E-state index in [1.807, 2.05) is 25.2 Å².